The molecule has 1 fully saturated rings. The van der Waals surface area contributed by atoms with Crippen LogP contribution in [0.15, 0.2) is 6.20 Å². The average molecular weight is 237 g/mol. The van der Waals surface area contributed by atoms with Crippen molar-refractivity contribution in [3.8, 4) is 5.75 Å². The van der Waals surface area contributed by atoms with Crippen LogP contribution >= 0.6 is 0 Å². The Labute approximate surface area is 103 Å². The summed E-state index contributed by atoms with van der Waals surface area (Å²) in [5.41, 5.74) is 1.22. The van der Waals surface area contributed by atoms with Gasteiger partial charge in [-0.05, 0) is 32.2 Å². The molecule has 0 aromatic carbocycles. The Balaban J connectivity index is 2.28. The molecular weight excluding hydrogens is 214 g/mol. The van der Waals surface area contributed by atoms with Crippen LogP contribution in [-0.4, -0.2) is 23.9 Å². The first-order chi connectivity index (χ1) is 8.31. The number of methoxy groups -OCH3 is 1. The normalized spacial score (nSPS) is 17.8. The molecule has 1 N–H and O–H groups in total. The molecule has 4 nitrogen and oxygen atoms in total. The second-order valence-corrected chi connectivity index (χ2v) is 4.78. The Morgan fingerprint density at radius 2 is 2.35 bits per heavy atom. The summed E-state index contributed by atoms with van der Waals surface area (Å²) < 4.78 is 7.55. The number of nitrogens with one attached hydrogen (secondary N) is 1. The summed E-state index contributed by atoms with van der Waals surface area (Å²) in [6.45, 7) is 3.14. The Bertz CT molecular complexity index is 358. The molecule has 1 saturated carbocycles. The van der Waals surface area contributed by atoms with E-state index in [9.17, 15) is 0 Å². The Morgan fingerprint density at radius 1 is 1.59 bits per heavy atom. The molecule has 4 heteroatoms. The number of aromatic nitrogens is 2. The summed E-state index contributed by atoms with van der Waals surface area (Å²) in [4.78, 5) is 0. The van der Waals surface area contributed by atoms with Crippen LogP contribution in [0.2, 0.25) is 0 Å². The first kappa shape index (κ1) is 12.4. The van der Waals surface area contributed by atoms with Crippen molar-refractivity contribution in [2.45, 2.75) is 45.2 Å². The second kappa shape index (κ2) is 5.54. The van der Waals surface area contributed by atoms with E-state index >= 15 is 0 Å². The van der Waals surface area contributed by atoms with Gasteiger partial charge in [0.2, 0.25) is 0 Å². The molecule has 1 atom stereocenters. The minimum absolute atomic E-state index is 0.382. The molecule has 0 saturated heterocycles. The third-order valence-electron chi connectivity index (χ3n) is 3.73. The molecule has 96 valence electrons. The molecule has 0 spiro atoms. The van der Waals surface area contributed by atoms with Gasteiger partial charge in [0, 0.05) is 6.54 Å². The topological polar surface area (TPSA) is 39.1 Å². The Hall–Kier alpha value is -1.03. The fraction of sp³-hybridized carbons (Fsp3) is 0.769. The molecule has 0 aliphatic heterocycles. The minimum Gasteiger partial charge on any atom is -0.493 e. The number of hydrogen-bond donors (Lipinski definition) is 1. The molecule has 1 aromatic heterocycles. The molecule has 1 aromatic rings. The lowest BCUT2D eigenvalue weighted by Gasteiger charge is -2.34. The summed E-state index contributed by atoms with van der Waals surface area (Å²) in [5.74, 6) is 1.66. The van der Waals surface area contributed by atoms with E-state index in [2.05, 4.69) is 22.0 Å². The fourth-order valence-electron chi connectivity index (χ4n) is 2.61. The van der Waals surface area contributed by atoms with Crippen molar-refractivity contribution >= 4 is 0 Å². The third kappa shape index (κ3) is 2.32. The van der Waals surface area contributed by atoms with Crippen molar-refractivity contribution < 1.29 is 4.74 Å². The first-order valence-corrected chi connectivity index (χ1v) is 6.58. The van der Waals surface area contributed by atoms with Gasteiger partial charge in [-0.15, -0.1) is 0 Å². The predicted molar refractivity (Wildman–Crippen MR) is 68.2 cm³/mol. The van der Waals surface area contributed by atoms with Gasteiger partial charge in [-0.3, -0.25) is 4.68 Å². The van der Waals surface area contributed by atoms with Gasteiger partial charge < -0.3 is 10.1 Å². The second-order valence-electron chi connectivity index (χ2n) is 4.78. The monoisotopic (exact) mass is 237 g/mol. The number of nitrogens with zero attached hydrogens (tertiary/aromatic N) is 2. The van der Waals surface area contributed by atoms with Gasteiger partial charge in [-0.2, -0.15) is 5.10 Å². The van der Waals surface area contributed by atoms with E-state index in [4.69, 9.17) is 4.74 Å². The van der Waals surface area contributed by atoms with Gasteiger partial charge in [0.15, 0.2) is 5.75 Å². The summed E-state index contributed by atoms with van der Waals surface area (Å²) in [6.07, 6.45) is 6.91. The maximum absolute atomic E-state index is 5.45. The van der Waals surface area contributed by atoms with Crippen molar-refractivity contribution in [2.75, 3.05) is 14.2 Å². The SMILES string of the molecule is CCCn1ncc(OC)c1C(NC)C1CCC1. The van der Waals surface area contributed by atoms with E-state index in [0.29, 0.717) is 6.04 Å². The summed E-state index contributed by atoms with van der Waals surface area (Å²) in [6, 6.07) is 0.382. The largest absolute Gasteiger partial charge is 0.493 e. The van der Waals surface area contributed by atoms with Crippen LogP contribution in [-0.2, 0) is 6.54 Å². The van der Waals surface area contributed by atoms with E-state index in [1.165, 1.54) is 25.0 Å². The van der Waals surface area contributed by atoms with Crippen LogP contribution < -0.4 is 10.1 Å². The van der Waals surface area contributed by atoms with Crippen molar-refractivity contribution in [3.05, 3.63) is 11.9 Å². The number of rotatable bonds is 6. The molecule has 2 rings (SSSR count). The van der Waals surface area contributed by atoms with E-state index in [1.54, 1.807) is 7.11 Å². The van der Waals surface area contributed by atoms with Crippen LogP contribution in [0.1, 0.15) is 44.3 Å². The van der Waals surface area contributed by atoms with E-state index in [1.807, 2.05) is 13.2 Å². The Kier molecular flexibility index (Phi) is 4.05. The summed E-state index contributed by atoms with van der Waals surface area (Å²) in [5, 5.41) is 7.88. The lowest BCUT2D eigenvalue weighted by Crippen LogP contribution is -2.32. The zero-order chi connectivity index (χ0) is 12.3. The number of ether oxygens (including phenoxy) is 1. The highest BCUT2D eigenvalue weighted by Crippen LogP contribution is 2.40. The van der Waals surface area contributed by atoms with Crippen LogP contribution in [0, 0.1) is 5.92 Å². The van der Waals surface area contributed by atoms with Crippen molar-refractivity contribution in [1.82, 2.24) is 15.1 Å². The van der Waals surface area contributed by atoms with Gasteiger partial charge in [0.25, 0.3) is 0 Å². The van der Waals surface area contributed by atoms with Crippen molar-refractivity contribution in [1.29, 1.82) is 0 Å². The molecule has 0 bridgehead atoms. The van der Waals surface area contributed by atoms with E-state index < -0.39 is 0 Å². The van der Waals surface area contributed by atoms with Gasteiger partial charge >= 0.3 is 0 Å². The molecule has 1 unspecified atom stereocenters. The average Bonchev–Trinajstić information content (AvgIpc) is 2.66. The van der Waals surface area contributed by atoms with Crippen LogP contribution in [0.4, 0.5) is 0 Å². The fourth-order valence-corrected chi connectivity index (χ4v) is 2.61. The third-order valence-corrected chi connectivity index (χ3v) is 3.73. The number of hydrogen-bond acceptors (Lipinski definition) is 3. The highest BCUT2D eigenvalue weighted by Gasteiger charge is 2.31. The van der Waals surface area contributed by atoms with Crippen LogP contribution in [0.3, 0.4) is 0 Å². The van der Waals surface area contributed by atoms with Gasteiger partial charge in [-0.1, -0.05) is 13.3 Å². The first-order valence-electron chi connectivity index (χ1n) is 6.58. The summed E-state index contributed by atoms with van der Waals surface area (Å²) in [7, 11) is 3.76. The lowest BCUT2D eigenvalue weighted by molar-refractivity contribution is 0.225. The number of aryl methyl sites for hydroxylation is 1. The van der Waals surface area contributed by atoms with E-state index in [-0.39, 0.29) is 0 Å². The minimum atomic E-state index is 0.382. The van der Waals surface area contributed by atoms with Gasteiger partial charge in [-0.25, -0.2) is 0 Å². The molecule has 1 aliphatic carbocycles. The zero-order valence-electron chi connectivity index (χ0n) is 11.1. The van der Waals surface area contributed by atoms with Gasteiger partial charge in [0.1, 0.15) is 0 Å². The maximum Gasteiger partial charge on any atom is 0.161 e. The molecule has 1 aliphatic rings. The lowest BCUT2D eigenvalue weighted by atomic mass is 9.78. The van der Waals surface area contributed by atoms with Crippen LogP contribution in [0.25, 0.3) is 0 Å². The summed E-state index contributed by atoms with van der Waals surface area (Å²) >= 11 is 0. The standard InChI is InChI=1S/C13H23N3O/c1-4-8-16-13(11(17-3)9-15-16)12(14-2)10-6-5-7-10/h9-10,12,14H,4-8H2,1-3H3. The predicted octanol–water partition coefficient (Wildman–Crippen LogP) is 2.36. The zero-order valence-corrected chi connectivity index (χ0v) is 11.1. The molecular formula is C13H23N3O. The smallest absolute Gasteiger partial charge is 0.161 e. The molecule has 0 radical (unpaired) electrons. The van der Waals surface area contributed by atoms with Crippen molar-refractivity contribution in [2.24, 2.45) is 5.92 Å². The highest BCUT2D eigenvalue weighted by atomic mass is 16.5. The van der Waals surface area contributed by atoms with E-state index in [0.717, 1.165) is 24.6 Å². The quantitative estimate of drug-likeness (QED) is 0.825. The van der Waals surface area contributed by atoms with Crippen LogP contribution in [0.5, 0.6) is 5.75 Å². The Morgan fingerprint density at radius 3 is 2.82 bits per heavy atom. The maximum atomic E-state index is 5.45. The van der Waals surface area contributed by atoms with Crippen molar-refractivity contribution in [3.63, 3.8) is 0 Å². The molecule has 17 heavy (non-hydrogen) atoms. The molecule has 0 amide bonds. The molecule has 1 heterocycles. The van der Waals surface area contributed by atoms with Gasteiger partial charge in [0.05, 0.1) is 25.0 Å². The highest BCUT2D eigenvalue weighted by molar-refractivity contribution is 5.29.